The van der Waals surface area contributed by atoms with Gasteiger partial charge in [-0.25, -0.2) is 8.42 Å². The van der Waals surface area contributed by atoms with Crippen LogP contribution < -0.4 is 14.4 Å². The average Bonchev–Trinajstić information content (AvgIpc) is 2.82. The lowest BCUT2D eigenvalue weighted by molar-refractivity contribution is -0.139. The minimum Gasteiger partial charge on any atom is -0.492 e. The van der Waals surface area contributed by atoms with Crippen molar-refractivity contribution >= 4 is 50.7 Å². The smallest absolute Gasteiger partial charge is 0.244 e. The van der Waals surface area contributed by atoms with Crippen LogP contribution >= 0.6 is 23.2 Å². The summed E-state index contributed by atoms with van der Waals surface area (Å²) in [5.41, 5.74) is 0.878. The van der Waals surface area contributed by atoms with Gasteiger partial charge in [0.1, 0.15) is 18.3 Å². The first-order valence-corrected chi connectivity index (χ1v) is 14.2. The highest BCUT2D eigenvalue weighted by atomic mass is 35.5. The molecule has 0 fully saturated rings. The highest BCUT2D eigenvalue weighted by Gasteiger charge is 2.31. The van der Waals surface area contributed by atoms with Crippen LogP contribution in [0.25, 0.3) is 0 Å². The highest BCUT2D eigenvalue weighted by Crippen LogP contribution is 2.30. The molecular formula is C25H33Cl2N3O5S. The van der Waals surface area contributed by atoms with Crippen LogP contribution in [0.15, 0.2) is 42.5 Å². The Balaban J connectivity index is 2.45. The SMILES string of the molecule is CCOc1ccccc1N(CC(=O)N(Cc1ccc(Cl)c(Cl)c1)C(C)C(=O)NC(C)CC)S(C)(=O)=O. The summed E-state index contributed by atoms with van der Waals surface area (Å²) in [6, 6.07) is 10.5. The van der Waals surface area contributed by atoms with Gasteiger partial charge in [-0.3, -0.25) is 13.9 Å². The minimum absolute atomic E-state index is 0.0233. The van der Waals surface area contributed by atoms with Crippen molar-refractivity contribution in [1.29, 1.82) is 0 Å². The van der Waals surface area contributed by atoms with E-state index in [1.54, 1.807) is 56.3 Å². The molecule has 0 aliphatic carbocycles. The lowest BCUT2D eigenvalue weighted by atomic mass is 10.1. The number of anilines is 1. The quantitative estimate of drug-likeness (QED) is 0.414. The van der Waals surface area contributed by atoms with E-state index < -0.39 is 28.5 Å². The molecule has 2 amide bonds. The zero-order valence-corrected chi connectivity index (χ0v) is 23.5. The third-order valence-corrected chi connectivity index (χ3v) is 7.48. The fourth-order valence-electron chi connectivity index (χ4n) is 3.42. The fourth-order valence-corrected chi connectivity index (χ4v) is 4.59. The van der Waals surface area contributed by atoms with Crippen LogP contribution in [0.4, 0.5) is 5.69 Å². The number of sulfonamides is 1. The molecule has 198 valence electrons. The summed E-state index contributed by atoms with van der Waals surface area (Å²) in [6.07, 6.45) is 1.74. The van der Waals surface area contributed by atoms with Crippen molar-refractivity contribution in [3.63, 3.8) is 0 Å². The summed E-state index contributed by atoms with van der Waals surface area (Å²) < 4.78 is 32.1. The molecule has 11 heteroatoms. The summed E-state index contributed by atoms with van der Waals surface area (Å²) in [7, 11) is -3.87. The van der Waals surface area contributed by atoms with E-state index >= 15 is 0 Å². The standard InChI is InChI=1S/C25H33Cl2N3O5S/c1-6-17(3)28-25(32)18(4)29(15-19-12-13-20(26)21(27)14-19)24(31)16-30(36(5,33)34)22-10-8-9-11-23(22)35-7-2/h8-14,17-18H,6-7,15-16H2,1-5H3,(H,28,32). The van der Waals surface area contributed by atoms with Gasteiger partial charge in [0.25, 0.3) is 0 Å². The monoisotopic (exact) mass is 557 g/mol. The van der Waals surface area contributed by atoms with Gasteiger partial charge in [-0.05, 0) is 57.0 Å². The molecule has 0 saturated carbocycles. The first-order chi connectivity index (χ1) is 16.9. The van der Waals surface area contributed by atoms with Crippen LogP contribution in [0.1, 0.15) is 39.7 Å². The summed E-state index contributed by atoms with van der Waals surface area (Å²) in [4.78, 5) is 27.9. The predicted molar refractivity (Wildman–Crippen MR) is 144 cm³/mol. The van der Waals surface area contributed by atoms with Crippen molar-refractivity contribution in [2.24, 2.45) is 0 Å². The summed E-state index contributed by atoms with van der Waals surface area (Å²) >= 11 is 12.2. The second-order valence-corrected chi connectivity index (χ2v) is 11.2. The second-order valence-electron chi connectivity index (χ2n) is 8.43. The second kappa shape index (κ2) is 13.2. The molecule has 0 aliphatic rings. The van der Waals surface area contributed by atoms with Crippen LogP contribution in [-0.4, -0.2) is 56.6 Å². The summed E-state index contributed by atoms with van der Waals surface area (Å²) in [5, 5.41) is 3.55. The summed E-state index contributed by atoms with van der Waals surface area (Å²) in [5.74, 6) is -0.584. The van der Waals surface area contributed by atoms with Crippen molar-refractivity contribution in [2.75, 3.05) is 23.7 Å². The van der Waals surface area contributed by atoms with Crippen molar-refractivity contribution in [2.45, 2.75) is 52.7 Å². The molecule has 1 N–H and O–H groups in total. The molecule has 0 heterocycles. The van der Waals surface area contributed by atoms with Gasteiger partial charge in [0.05, 0.1) is 28.6 Å². The molecule has 8 nitrogen and oxygen atoms in total. The van der Waals surface area contributed by atoms with Gasteiger partial charge in [-0.1, -0.05) is 48.3 Å². The van der Waals surface area contributed by atoms with Crippen molar-refractivity contribution in [1.82, 2.24) is 10.2 Å². The molecule has 0 bridgehead atoms. The largest absolute Gasteiger partial charge is 0.492 e. The third-order valence-electron chi connectivity index (χ3n) is 5.62. The third kappa shape index (κ3) is 8.01. The number of hydrogen-bond acceptors (Lipinski definition) is 5. The van der Waals surface area contributed by atoms with Crippen LogP contribution in [0.5, 0.6) is 5.75 Å². The van der Waals surface area contributed by atoms with Crippen LogP contribution in [0.2, 0.25) is 10.0 Å². The Bertz CT molecular complexity index is 1180. The van der Waals surface area contributed by atoms with Crippen LogP contribution in [0, 0.1) is 0 Å². The first kappa shape index (κ1) is 29.7. The molecule has 0 aromatic heterocycles. The van der Waals surface area contributed by atoms with E-state index in [1.807, 2.05) is 13.8 Å². The number of halogens is 2. The number of nitrogens with zero attached hydrogens (tertiary/aromatic N) is 2. The maximum absolute atomic E-state index is 13.6. The number of amides is 2. The molecule has 0 radical (unpaired) electrons. The Hall–Kier alpha value is -2.49. The van der Waals surface area contributed by atoms with E-state index in [0.29, 0.717) is 28.0 Å². The van der Waals surface area contributed by atoms with E-state index in [9.17, 15) is 18.0 Å². The number of para-hydroxylation sites is 2. The van der Waals surface area contributed by atoms with Crippen LogP contribution in [-0.2, 0) is 26.2 Å². The zero-order chi connectivity index (χ0) is 27.0. The minimum atomic E-state index is -3.87. The first-order valence-electron chi connectivity index (χ1n) is 11.6. The molecule has 0 aliphatic heterocycles. The Morgan fingerprint density at radius 1 is 1.06 bits per heavy atom. The molecule has 0 saturated heterocycles. The number of nitrogens with one attached hydrogen (secondary N) is 1. The van der Waals surface area contributed by atoms with Crippen molar-refractivity contribution in [3.05, 3.63) is 58.1 Å². The zero-order valence-electron chi connectivity index (χ0n) is 21.1. The van der Waals surface area contributed by atoms with Crippen LogP contribution in [0.3, 0.4) is 0 Å². The molecule has 2 rings (SSSR count). The van der Waals surface area contributed by atoms with Gasteiger partial charge >= 0.3 is 0 Å². The topological polar surface area (TPSA) is 96.0 Å². The van der Waals surface area contributed by atoms with Gasteiger partial charge in [0, 0.05) is 12.6 Å². The van der Waals surface area contributed by atoms with Gasteiger partial charge in [-0.2, -0.15) is 0 Å². The van der Waals surface area contributed by atoms with E-state index in [4.69, 9.17) is 27.9 Å². The Kier molecular flexibility index (Phi) is 10.9. The van der Waals surface area contributed by atoms with Gasteiger partial charge in [0.15, 0.2) is 0 Å². The Morgan fingerprint density at radius 2 is 1.72 bits per heavy atom. The number of ether oxygens (including phenoxy) is 1. The molecule has 2 atom stereocenters. The number of benzene rings is 2. The molecule has 0 spiro atoms. The Morgan fingerprint density at radius 3 is 2.31 bits per heavy atom. The number of carbonyl (C=O) groups excluding carboxylic acids is 2. The van der Waals surface area contributed by atoms with Crippen molar-refractivity contribution < 1.29 is 22.7 Å². The normalized spacial score (nSPS) is 13.0. The maximum Gasteiger partial charge on any atom is 0.244 e. The lowest BCUT2D eigenvalue weighted by Gasteiger charge is -2.32. The summed E-state index contributed by atoms with van der Waals surface area (Å²) in [6.45, 7) is 7.01. The molecule has 36 heavy (non-hydrogen) atoms. The van der Waals surface area contributed by atoms with Crippen molar-refractivity contribution in [3.8, 4) is 5.75 Å². The Labute approximate surface area is 223 Å². The number of carbonyl (C=O) groups is 2. The van der Waals surface area contributed by atoms with Gasteiger partial charge in [-0.15, -0.1) is 0 Å². The fraction of sp³-hybridized carbons (Fsp3) is 0.440. The maximum atomic E-state index is 13.6. The number of hydrogen-bond donors (Lipinski definition) is 1. The van der Waals surface area contributed by atoms with E-state index in [-0.39, 0.29) is 24.2 Å². The molecule has 2 aromatic rings. The molecule has 2 aromatic carbocycles. The molecular weight excluding hydrogens is 525 g/mol. The number of rotatable bonds is 12. The van der Waals surface area contributed by atoms with E-state index in [2.05, 4.69) is 5.32 Å². The highest BCUT2D eigenvalue weighted by molar-refractivity contribution is 7.92. The molecule has 2 unspecified atom stereocenters. The van der Waals surface area contributed by atoms with Gasteiger partial charge < -0.3 is 15.0 Å². The van der Waals surface area contributed by atoms with E-state index in [0.717, 1.165) is 17.0 Å². The predicted octanol–water partition coefficient (Wildman–Crippen LogP) is 4.49. The van der Waals surface area contributed by atoms with Gasteiger partial charge in [0.2, 0.25) is 21.8 Å². The van der Waals surface area contributed by atoms with E-state index in [1.165, 1.54) is 4.90 Å². The average molecular weight is 559 g/mol. The lowest BCUT2D eigenvalue weighted by Crippen LogP contribution is -2.52.